The predicted molar refractivity (Wildman–Crippen MR) is 122 cm³/mol. The molecule has 2 N–H and O–H groups in total. The van der Waals surface area contributed by atoms with E-state index in [0.717, 1.165) is 9.87 Å². The maximum absolute atomic E-state index is 13.3. The third-order valence-corrected chi connectivity index (χ3v) is 7.11. The van der Waals surface area contributed by atoms with E-state index in [0.29, 0.717) is 10.8 Å². The molecule has 2 amide bonds. The maximum atomic E-state index is 13.3. The fourth-order valence-corrected chi connectivity index (χ4v) is 4.56. The van der Waals surface area contributed by atoms with Crippen LogP contribution in [0.2, 0.25) is 0 Å². The Hall–Kier alpha value is -3.22. The van der Waals surface area contributed by atoms with E-state index in [1.165, 1.54) is 66.0 Å². The van der Waals surface area contributed by atoms with Gasteiger partial charge in [0.25, 0.3) is 11.8 Å². The van der Waals surface area contributed by atoms with Gasteiger partial charge in [0.15, 0.2) is 5.16 Å². The van der Waals surface area contributed by atoms with Crippen LogP contribution in [0.15, 0.2) is 64.8 Å². The summed E-state index contributed by atoms with van der Waals surface area (Å²) in [6.07, 6.45) is 3.10. The number of sulfonamides is 1. The number of amides is 2. The number of likely N-dealkylation sites (N-methyl/N-ethyl adjacent to an activating group) is 1. The van der Waals surface area contributed by atoms with Gasteiger partial charge >= 0.3 is 0 Å². The number of aromatic nitrogens is 2. The molecular weight excluding hydrogens is 469 g/mol. The Balaban J connectivity index is 1.67. The standard InChI is InChI=1S/C21H22FN5O4S2/c1-14-4-10-17(11-5-14)33(30,31)26(2)13-19(28)24-25-20(29)18-12-23-21(32-3)27(18)16-8-6-15(22)7-9-16/h4-12H,13H2,1-3H3,(H,24,28)(H,25,29). The van der Waals surface area contributed by atoms with Gasteiger partial charge in [0.05, 0.1) is 17.6 Å². The number of carbonyl (C=O) groups is 2. The average Bonchev–Trinajstić information content (AvgIpc) is 3.22. The largest absolute Gasteiger partial charge is 0.288 e. The molecule has 0 spiro atoms. The number of hydrazine groups is 1. The van der Waals surface area contributed by atoms with E-state index >= 15 is 0 Å². The number of aryl methyl sites for hydroxylation is 1. The number of halogens is 1. The Morgan fingerprint density at radius 1 is 1.09 bits per heavy atom. The number of imidazole rings is 1. The van der Waals surface area contributed by atoms with Gasteiger partial charge in [-0.25, -0.2) is 17.8 Å². The second-order valence-corrected chi connectivity index (χ2v) is 9.84. The SMILES string of the molecule is CSc1ncc(C(=O)NNC(=O)CN(C)S(=O)(=O)c2ccc(C)cc2)n1-c1ccc(F)cc1. The molecule has 12 heteroatoms. The number of carbonyl (C=O) groups excluding carboxylic acids is 2. The fourth-order valence-electron chi connectivity index (χ4n) is 2.89. The van der Waals surface area contributed by atoms with Crippen LogP contribution in [-0.4, -0.2) is 53.9 Å². The molecule has 0 aliphatic heterocycles. The van der Waals surface area contributed by atoms with E-state index in [1.54, 1.807) is 18.4 Å². The number of nitrogens with zero attached hydrogens (tertiary/aromatic N) is 3. The zero-order valence-corrected chi connectivity index (χ0v) is 19.7. The van der Waals surface area contributed by atoms with Crippen LogP contribution in [0.25, 0.3) is 5.69 Å². The summed E-state index contributed by atoms with van der Waals surface area (Å²) in [5.74, 6) is -1.84. The highest BCUT2D eigenvalue weighted by Crippen LogP contribution is 2.22. The molecule has 0 aliphatic rings. The minimum absolute atomic E-state index is 0.0558. The number of benzene rings is 2. The van der Waals surface area contributed by atoms with Crippen LogP contribution in [0.1, 0.15) is 16.1 Å². The molecular formula is C21H22FN5O4S2. The summed E-state index contributed by atoms with van der Waals surface area (Å²) in [4.78, 5) is 29.2. The second-order valence-electron chi connectivity index (χ2n) is 7.02. The van der Waals surface area contributed by atoms with E-state index in [2.05, 4.69) is 15.8 Å². The molecule has 3 rings (SSSR count). The summed E-state index contributed by atoms with van der Waals surface area (Å²) in [7, 11) is -2.61. The van der Waals surface area contributed by atoms with E-state index in [9.17, 15) is 22.4 Å². The summed E-state index contributed by atoms with van der Waals surface area (Å²) < 4.78 is 40.9. The number of hydrogen-bond donors (Lipinski definition) is 2. The van der Waals surface area contributed by atoms with Crippen LogP contribution < -0.4 is 10.9 Å². The van der Waals surface area contributed by atoms with Crippen molar-refractivity contribution in [3.05, 3.63) is 71.8 Å². The lowest BCUT2D eigenvalue weighted by Crippen LogP contribution is -2.47. The Morgan fingerprint density at radius 3 is 2.33 bits per heavy atom. The van der Waals surface area contributed by atoms with Gasteiger partial charge in [-0.2, -0.15) is 4.31 Å². The number of nitrogens with one attached hydrogen (secondary N) is 2. The Bertz CT molecular complexity index is 1260. The number of thioether (sulfide) groups is 1. The van der Waals surface area contributed by atoms with Gasteiger partial charge in [-0.05, 0) is 49.6 Å². The summed E-state index contributed by atoms with van der Waals surface area (Å²) >= 11 is 1.28. The first-order valence-electron chi connectivity index (χ1n) is 9.63. The van der Waals surface area contributed by atoms with Crippen LogP contribution in [0.3, 0.4) is 0 Å². The molecule has 33 heavy (non-hydrogen) atoms. The first kappa shape index (κ1) is 24.4. The van der Waals surface area contributed by atoms with Crippen molar-refractivity contribution in [2.24, 2.45) is 0 Å². The van der Waals surface area contributed by atoms with E-state index < -0.39 is 34.2 Å². The zero-order chi connectivity index (χ0) is 24.2. The van der Waals surface area contributed by atoms with Crippen LogP contribution in [0.4, 0.5) is 4.39 Å². The fraction of sp³-hybridized carbons (Fsp3) is 0.190. The average molecular weight is 492 g/mol. The van der Waals surface area contributed by atoms with Crippen molar-refractivity contribution in [1.29, 1.82) is 0 Å². The normalized spacial score (nSPS) is 11.4. The van der Waals surface area contributed by atoms with Gasteiger partial charge in [0.2, 0.25) is 10.0 Å². The molecule has 2 aromatic carbocycles. The summed E-state index contributed by atoms with van der Waals surface area (Å²) in [6, 6.07) is 11.7. The highest BCUT2D eigenvalue weighted by Gasteiger charge is 2.24. The Kier molecular flexibility index (Phi) is 7.51. The number of rotatable bonds is 7. The lowest BCUT2D eigenvalue weighted by atomic mass is 10.2. The molecule has 9 nitrogen and oxygen atoms in total. The monoisotopic (exact) mass is 491 g/mol. The third-order valence-electron chi connectivity index (χ3n) is 4.64. The molecule has 0 bridgehead atoms. The number of hydrogen-bond acceptors (Lipinski definition) is 6. The minimum atomic E-state index is -3.88. The lowest BCUT2D eigenvalue weighted by Gasteiger charge is -2.17. The Morgan fingerprint density at radius 2 is 1.73 bits per heavy atom. The minimum Gasteiger partial charge on any atom is -0.283 e. The predicted octanol–water partition coefficient (Wildman–Crippen LogP) is 2.12. The molecule has 0 atom stereocenters. The lowest BCUT2D eigenvalue weighted by molar-refractivity contribution is -0.121. The van der Waals surface area contributed by atoms with E-state index in [-0.39, 0.29) is 10.6 Å². The van der Waals surface area contributed by atoms with Crippen molar-refractivity contribution >= 4 is 33.6 Å². The van der Waals surface area contributed by atoms with Gasteiger partial charge in [-0.1, -0.05) is 29.5 Å². The summed E-state index contributed by atoms with van der Waals surface area (Å²) in [5, 5.41) is 0.488. The van der Waals surface area contributed by atoms with Crippen molar-refractivity contribution in [3.63, 3.8) is 0 Å². The van der Waals surface area contributed by atoms with Gasteiger partial charge in [0.1, 0.15) is 11.5 Å². The molecule has 1 heterocycles. The van der Waals surface area contributed by atoms with Gasteiger partial charge in [0, 0.05) is 12.7 Å². The molecule has 3 aromatic rings. The molecule has 174 valence electrons. The summed E-state index contributed by atoms with van der Waals surface area (Å²) in [6.45, 7) is 1.32. The molecule has 1 aromatic heterocycles. The highest BCUT2D eigenvalue weighted by molar-refractivity contribution is 7.98. The molecule has 0 saturated carbocycles. The molecule has 0 radical (unpaired) electrons. The maximum Gasteiger partial charge on any atom is 0.288 e. The Labute approximate surface area is 195 Å². The van der Waals surface area contributed by atoms with Crippen LogP contribution in [0.5, 0.6) is 0 Å². The first-order valence-corrected chi connectivity index (χ1v) is 12.3. The zero-order valence-electron chi connectivity index (χ0n) is 18.1. The first-order chi connectivity index (χ1) is 15.6. The van der Waals surface area contributed by atoms with Crippen molar-refractivity contribution < 1.29 is 22.4 Å². The van der Waals surface area contributed by atoms with Crippen LogP contribution in [-0.2, 0) is 14.8 Å². The van der Waals surface area contributed by atoms with Crippen molar-refractivity contribution in [2.75, 3.05) is 19.8 Å². The smallest absolute Gasteiger partial charge is 0.283 e. The van der Waals surface area contributed by atoms with Gasteiger partial charge < -0.3 is 0 Å². The van der Waals surface area contributed by atoms with Crippen molar-refractivity contribution in [3.8, 4) is 5.69 Å². The molecule has 0 unspecified atom stereocenters. The van der Waals surface area contributed by atoms with Gasteiger partial charge in [-0.3, -0.25) is 25.0 Å². The van der Waals surface area contributed by atoms with Crippen LogP contribution in [0, 0.1) is 12.7 Å². The second kappa shape index (κ2) is 10.1. The third kappa shape index (κ3) is 5.59. The molecule has 0 aliphatic carbocycles. The van der Waals surface area contributed by atoms with Gasteiger partial charge in [-0.15, -0.1) is 0 Å². The van der Waals surface area contributed by atoms with Crippen LogP contribution >= 0.6 is 11.8 Å². The van der Waals surface area contributed by atoms with Crippen molar-refractivity contribution in [1.82, 2.24) is 24.7 Å². The topological polar surface area (TPSA) is 113 Å². The quantitative estimate of drug-likeness (QED) is 0.387. The molecule has 0 saturated heterocycles. The van der Waals surface area contributed by atoms with Crippen molar-refractivity contribution in [2.45, 2.75) is 17.0 Å². The van der Waals surface area contributed by atoms with E-state index in [1.807, 2.05) is 6.92 Å². The highest BCUT2D eigenvalue weighted by atomic mass is 32.2. The molecule has 0 fully saturated rings. The summed E-state index contributed by atoms with van der Waals surface area (Å²) in [5.41, 5.74) is 5.99. The van der Waals surface area contributed by atoms with E-state index in [4.69, 9.17) is 0 Å².